The Kier molecular flexibility index (Phi) is 4.94. The third-order valence-corrected chi connectivity index (χ3v) is 5.92. The van der Waals surface area contributed by atoms with Gasteiger partial charge in [-0.05, 0) is 6.07 Å². The normalized spacial score (nSPS) is 12.9. The number of oxime groups is 1. The molecule has 0 aliphatic rings. The quantitative estimate of drug-likeness (QED) is 0.383. The van der Waals surface area contributed by atoms with Crippen molar-refractivity contribution in [3.05, 3.63) is 46.3 Å². The molecule has 3 rings (SSSR count). The van der Waals surface area contributed by atoms with Gasteiger partial charge < -0.3 is 5.21 Å². The number of rotatable bonds is 4. The largest absolute Gasteiger partial charge is 0.431 e. The molecule has 13 heteroatoms. The van der Waals surface area contributed by atoms with Crippen LogP contribution in [0.2, 0.25) is 0 Å². The predicted molar refractivity (Wildman–Crippen MR) is 95.8 cm³/mol. The molecule has 0 saturated carbocycles. The number of halogens is 3. The second-order valence-electron chi connectivity index (χ2n) is 5.99. The summed E-state index contributed by atoms with van der Waals surface area (Å²) in [4.78, 5) is 20.1. The lowest BCUT2D eigenvalue weighted by atomic mass is 10.2. The van der Waals surface area contributed by atoms with E-state index in [-0.39, 0.29) is 33.2 Å². The van der Waals surface area contributed by atoms with Crippen LogP contribution in [0.5, 0.6) is 0 Å². The summed E-state index contributed by atoms with van der Waals surface area (Å²) < 4.78 is 65.7. The Morgan fingerprint density at radius 2 is 2.00 bits per heavy atom. The molecule has 0 unspecified atom stereocenters. The Morgan fingerprint density at radius 3 is 2.59 bits per heavy atom. The molecule has 154 valence electrons. The van der Waals surface area contributed by atoms with Gasteiger partial charge in [0.25, 0.3) is 0 Å². The van der Waals surface area contributed by atoms with Crippen molar-refractivity contribution in [3.8, 4) is 11.4 Å². The highest BCUT2D eigenvalue weighted by molar-refractivity contribution is 7.91. The first-order chi connectivity index (χ1) is 13.5. The SMILES string of the molecule is CCS(=O)(=O)c1cc(/C=N/O)cnc1-c1cn2c(=O)n(C)c(C(F)(F)F)cc2n1. The molecule has 1 N–H and O–H groups in total. The van der Waals surface area contributed by atoms with Crippen LogP contribution in [0.4, 0.5) is 13.2 Å². The van der Waals surface area contributed by atoms with Crippen molar-refractivity contribution in [1.29, 1.82) is 0 Å². The second kappa shape index (κ2) is 6.99. The van der Waals surface area contributed by atoms with Gasteiger partial charge in [-0.2, -0.15) is 13.2 Å². The number of imidazole rings is 1. The number of pyridine rings is 1. The maximum Gasteiger partial charge on any atom is 0.431 e. The van der Waals surface area contributed by atoms with Crippen LogP contribution in [-0.4, -0.2) is 44.5 Å². The van der Waals surface area contributed by atoms with Crippen LogP contribution in [0.3, 0.4) is 0 Å². The monoisotopic (exact) mass is 429 g/mol. The van der Waals surface area contributed by atoms with Crippen LogP contribution in [-0.2, 0) is 23.1 Å². The fraction of sp³-hybridized carbons (Fsp3) is 0.250. The summed E-state index contributed by atoms with van der Waals surface area (Å²) >= 11 is 0. The number of sulfone groups is 1. The van der Waals surface area contributed by atoms with Crippen molar-refractivity contribution in [2.24, 2.45) is 12.2 Å². The van der Waals surface area contributed by atoms with Crippen molar-refractivity contribution in [3.63, 3.8) is 0 Å². The molecule has 0 radical (unpaired) electrons. The number of hydrogen-bond acceptors (Lipinski definition) is 7. The van der Waals surface area contributed by atoms with Gasteiger partial charge >= 0.3 is 11.9 Å². The highest BCUT2D eigenvalue weighted by Gasteiger charge is 2.35. The summed E-state index contributed by atoms with van der Waals surface area (Å²) in [5.74, 6) is -0.283. The summed E-state index contributed by atoms with van der Waals surface area (Å²) in [5.41, 5.74) is -2.56. The van der Waals surface area contributed by atoms with Gasteiger partial charge in [0.15, 0.2) is 9.84 Å². The first-order valence-electron chi connectivity index (χ1n) is 8.06. The van der Waals surface area contributed by atoms with Crippen LogP contribution >= 0.6 is 0 Å². The molecule has 0 atom stereocenters. The van der Waals surface area contributed by atoms with Crippen LogP contribution in [0.1, 0.15) is 18.2 Å². The lowest BCUT2D eigenvalue weighted by molar-refractivity contribution is -0.143. The average molecular weight is 429 g/mol. The van der Waals surface area contributed by atoms with Crippen molar-refractivity contribution in [2.45, 2.75) is 18.0 Å². The summed E-state index contributed by atoms with van der Waals surface area (Å²) in [6.07, 6.45) is -1.48. The summed E-state index contributed by atoms with van der Waals surface area (Å²) in [7, 11) is -2.85. The zero-order valence-electron chi connectivity index (χ0n) is 15.0. The Balaban J connectivity index is 2.32. The molecule has 0 saturated heterocycles. The first kappa shape index (κ1) is 20.5. The van der Waals surface area contributed by atoms with Gasteiger partial charge in [-0.15, -0.1) is 0 Å². The van der Waals surface area contributed by atoms with E-state index in [4.69, 9.17) is 5.21 Å². The number of fused-ring (bicyclic) bond motifs is 1. The predicted octanol–water partition coefficient (Wildman–Crippen LogP) is 1.72. The maximum absolute atomic E-state index is 13.1. The molecule has 0 aliphatic heterocycles. The molecule has 0 aromatic carbocycles. The average Bonchev–Trinajstić information content (AvgIpc) is 3.08. The number of aromatic nitrogens is 4. The van der Waals surface area contributed by atoms with Gasteiger partial charge in [0.2, 0.25) is 0 Å². The van der Waals surface area contributed by atoms with Gasteiger partial charge in [0.1, 0.15) is 22.7 Å². The Hall–Kier alpha value is -3.22. The van der Waals surface area contributed by atoms with Crippen LogP contribution in [0.15, 0.2) is 39.4 Å². The fourth-order valence-corrected chi connectivity index (χ4v) is 3.78. The van der Waals surface area contributed by atoms with E-state index < -0.39 is 27.4 Å². The molecule has 9 nitrogen and oxygen atoms in total. The van der Waals surface area contributed by atoms with Crippen LogP contribution in [0.25, 0.3) is 17.0 Å². The lowest BCUT2D eigenvalue weighted by Crippen LogP contribution is -2.29. The number of nitrogens with zero attached hydrogens (tertiary/aromatic N) is 5. The Morgan fingerprint density at radius 1 is 1.31 bits per heavy atom. The first-order valence-corrected chi connectivity index (χ1v) is 9.71. The molecule has 0 aliphatic carbocycles. The molecule has 0 bridgehead atoms. The maximum atomic E-state index is 13.1. The fourth-order valence-electron chi connectivity index (χ4n) is 2.70. The van der Waals surface area contributed by atoms with Crippen molar-refractivity contribution >= 4 is 21.7 Å². The van der Waals surface area contributed by atoms with E-state index in [1.807, 2.05) is 0 Å². The lowest BCUT2D eigenvalue weighted by Gasteiger charge is -2.11. The molecule has 3 aromatic rings. The van der Waals surface area contributed by atoms with Crippen molar-refractivity contribution < 1.29 is 26.8 Å². The molecular weight excluding hydrogens is 415 g/mol. The molecule has 0 amide bonds. The minimum Gasteiger partial charge on any atom is -0.411 e. The Labute approximate surface area is 161 Å². The van der Waals surface area contributed by atoms with Gasteiger partial charge in [-0.1, -0.05) is 12.1 Å². The summed E-state index contributed by atoms with van der Waals surface area (Å²) in [6.45, 7) is 1.40. The molecular formula is C16H14F3N5O4S. The third-order valence-electron chi connectivity index (χ3n) is 4.18. The highest BCUT2D eigenvalue weighted by Crippen LogP contribution is 2.30. The summed E-state index contributed by atoms with van der Waals surface area (Å²) in [6, 6.07) is 1.88. The van der Waals surface area contributed by atoms with Crippen molar-refractivity contribution in [1.82, 2.24) is 18.9 Å². The minimum atomic E-state index is -4.78. The van der Waals surface area contributed by atoms with Gasteiger partial charge in [0.05, 0.1) is 16.9 Å². The molecule has 29 heavy (non-hydrogen) atoms. The van der Waals surface area contributed by atoms with Crippen molar-refractivity contribution in [2.75, 3.05) is 5.75 Å². The van der Waals surface area contributed by atoms with Gasteiger partial charge in [-0.25, -0.2) is 18.2 Å². The van der Waals surface area contributed by atoms with Crippen LogP contribution in [0, 0.1) is 0 Å². The van der Waals surface area contributed by atoms with E-state index in [0.717, 1.165) is 23.9 Å². The van der Waals surface area contributed by atoms with E-state index in [0.29, 0.717) is 10.6 Å². The topological polar surface area (TPSA) is 119 Å². The molecule has 0 spiro atoms. The van der Waals surface area contributed by atoms with Gasteiger partial charge in [-0.3, -0.25) is 14.0 Å². The molecule has 3 heterocycles. The van der Waals surface area contributed by atoms with E-state index >= 15 is 0 Å². The third kappa shape index (κ3) is 3.60. The number of alkyl halides is 3. The van der Waals surface area contributed by atoms with E-state index in [1.54, 1.807) is 0 Å². The summed E-state index contributed by atoms with van der Waals surface area (Å²) in [5, 5.41) is 11.5. The van der Waals surface area contributed by atoms with Crippen LogP contribution < -0.4 is 5.69 Å². The van der Waals surface area contributed by atoms with E-state index in [9.17, 15) is 26.4 Å². The number of hydrogen-bond donors (Lipinski definition) is 1. The smallest absolute Gasteiger partial charge is 0.411 e. The minimum absolute atomic E-state index is 0.0964. The molecule has 0 fully saturated rings. The zero-order valence-corrected chi connectivity index (χ0v) is 15.9. The molecule has 3 aromatic heterocycles. The standard InChI is InChI=1S/C16H14F3N5O4S/c1-3-29(27,28)11-4-9(7-21-26)6-20-14(11)10-8-24-13(22-10)5-12(16(17,18)19)23(2)15(24)25/h4-8,26H,3H2,1-2H3/b21-7+. The van der Waals surface area contributed by atoms with Gasteiger partial charge in [0, 0.05) is 31.1 Å². The zero-order chi connectivity index (χ0) is 21.6. The highest BCUT2D eigenvalue weighted by atomic mass is 32.2. The van der Waals surface area contributed by atoms with E-state index in [1.165, 1.54) is 19.2 Å². The second-order valence-corrected chi connectivity index (χ2v) is 8.23. The Bertz CT molecular complexity index is 1290. The van der Waals surface area contributed by atoms with E-state index in [2.05, 4.69) is 15.1 Å².